The van der Waals surface area contributed by atoms with Crippen LogP contribution in [-0.2, 0) is 16.0 Å². The predicted octanol–water partition coefficient (Wildman–Crippen LogP) is 2.84. The Labute approximate surface area is 146 Å². The van der Waals surface area contributed by atoms with E-state index in [1.54, 1.807) is 0 Å². The summed E-state index contributed by atoms with van der Waals surface area (Å²) in [5.41, 5.74) is 2.34. The van der Waals surface area contributed by atoms with Gasteiger partial charge < -0.3 is 10.2 Å². The van der Waals surface area contributed by atoms with Crippen molar-refractivity contribution in [3.63, 3.8) is 0 Å². The summed E-state index contributed by atoms with van der Waals surface area (Å²) in [4.78, 5) is 23.5. The van der Waals surface area contributed by atoms with Crippen LogP contribution in [0.25, 0.3) is 0 Å². The van der Waals surface area contributed by atoms with Crippen molar-refractivity contribution in [3.8, 4) is 0 Å². The molecule has 0 saturated heterocycles. The van der Waals surface area contributed by atoms with Gasteiger partial charge >= 0.3 is 11.9 Å². The lowest BCUT2D eigenvalue weighted by molar-refractivity contribution is -0.134. The minimum absolute atomic E-state index is 0.558. The topological polar surface area (TPSA) is 95.7 Å². The SMILES string of the molecule is CCCCc1cc(N(C)n2cccc2)ccn1.O=C(O)C=CC(=O)O. The van der Waals surface area contributed by atoms with Crippen LogP contribution in [0.3, 0.4) is 0 Å². The highest BCUT2D eigenvalue weighted by Gasteiger charge is 2.03. The third-order valence-corrected chi connectivity index (χ3v) is 3.26. The summed E-state index contributed by atoms with van der Waals surface area (Å²) in [6.07, 6.45) is 10.5. The van der Waals surface area contributed by atoms with Gasteiger partial charge in [0.2, 0.25) is 0 Å². The molecular formula is C18H23N3O4. The van der Waals surface area contributed by atoms with Crippen molar-refractivity contribution >= 4 is 17.6 Å². The number of hydrogen-bond acceptors (Lipinski definition) is 4. The average molecular weight is 345 g/mol. The zero-order chi connectivity index (χ0) is 18.7. The highest BCUT2D eigenvalue weighted by Crippen LogP contribution is 2.15. The van der Waals surface area contributed by atoms with Crippen LogP contribution in [0.4, 0.5) is 5.69 Å². The van der Waals surface area contributed by atoms with E-state index in [0.717, 1.165) is 6.42 Å². The lowest BCUT2D eigenvalue weighted by Crippen LogP contribution is -2.22. The molecule has 0 aromatic carbocycles. The van der Waals surface area contributed by atoms with Crippen molar-refractivity contribution in [2.24, 2.45) is 0 Å². The van der Waals surface area contributed by atoms with Gasteiger partial charge in [-0.15, -0.1) is 0 Å². The van der Waals surface area contributed by atoms with Gasteiger partial charge in [0.15, 0.2) is 0 Å². The molecule has 7 nitrogen and oxygen atoms in total. The standard InChI is InChI=1S/C14H19N3.C4H4O4/c1-3-4-7-13-12-14(8-9-15-13)16(2)17-10-5-6-11-17;5-3(6)1-2-4(7)8/h5-6,8-12H,3-4,7H2,1-2H3;1-2H,(H,5,6)(H,7,8). The van der Waals surface area contributed by atoms with Crippen LogP contribution in [0.5, 0.6) is 0 Å². The number of carbonyl (C=O) groups is 2. The van der Waals surface area contributed by atoms with E-state index in [9.17, 15) is 9.59 Å². The Kier molecular flexibility index (Phi) is 8.49. The number of anilines is 1. The highest BCUT2D eigenvalue weighted by atomic mass is 16.4. The fourth-order valence-electron chi connectivity index (χ4n) is 1.96. The van der Waals surface area contributed by atoms with E-state index in [-0.39, 0.29) is 0 Å². The first-order valence-corrected chi connectivity index (χ1v) is 7.90. The van der Waals surface area contributed by atoms with E-state index >= 15 is 0 Å². The van der Waals surface area contributed by atoms with Gasteiger partial charge in [-0.2, -0.15) is 0 Å². The molecule has 0 fully saturated rings. The molecule has 0 radical (unpaired) electrons. The molecule has 134 valence electrons. The Morgan fingerprint density at radius 2 is 1.80 bits per heavy atom. The van der Waals surface area contributed by atoms with Gasteiger partial charge in [-0.3, -0.25) is 14.7 Å². The van der Waals surface area contributed by atoms with Crippen LogP contribution in [0.2, 0.25) is 0 Å². The molecular weight excluding hydrogens is 322 g/mol. The Hall–Kier alpha value is -3.09. The predicted molar refractivity (Wildman–Crippen MR) is 95.5 cm³/mol. The van der Waals surface area contributed by atoms with Crippen molar-refractivity contribution in [2.75, 3.05) is 12.1 Å². The van der Waals surface area contributed by atoms with Crippen molar-refractivity contribution in [1.82, 2.24) is 9.66 Å². The molecule has 0 saturated carbocycles. The first kappa shape index (κ1) is 20.0. The van der Waals surface area contributed by atoms with E-state index in [0.29, 0.717) is 12.2 Å². The van der Waals surface area contributed by atoms with Crippen molar-refractivity contribution in [2.45, 2.75) is 26.2 Å². The van der Waals surface area contributed by atoms with Crippen molar-refractivity contribution < 1.29 is 19.8 Å². The first-order valence-electron chi connectivity index (χ1n) is 7.90. The smallest absolute Gasteiger partial charge is 0.328 e. The monoisotopic (exact) mass is 345 g/mol. The van der Waals surface area contributed by atoms with Crippen LogP contribution in [0, 0.1) is 0 Å². The summed E-state index contributed by atoms with van der Waals surface area (Å²) < 4.78 is 2.05. The Bertz CT molecular complexity index is 680. The molecule has 2 heterocycles. The number of unbranched alkanes of at least 4 members (excludes halogenated alkanes) is 1. The molecule has 0 aliphatic heterocycles. The Morgan fingerprint density at radius 1 is 1.20 bits per heavy atom. The summed E-state index contributed by atoms with van der Waals surface area (Å²) in [7, 11) is 2.05. The molecule has 2 aromatic heterocycles. The number of aryl methyl sites for hydroxylation is 1. The van der Waals surface area contributed by atoms with Gasteiger partial charge in [-0.1, -0.05) is 13.3 Å². The molecule has 7 heteroatoms. The van der Waals surface area contributed by atoms with Crippen LogP contribution in [0.15, 0.2) is 55.0 Å². The summed E-state index contributed by atoms with van der Waals surface area (Å²) in [5, 5.41) is 17.7. The molecule has 0 aliphatic rings. The molecule has 0 bridgehead atoms. The fraction of sp³-hybridized carbons (Fsp3) is 0.278. The number of hydrogen-bond donors (Lipinski definition) is 2. The van der Waals surface area contributed by atoms with E-state index in [1.807, 2.05) is 36.8 Å². The normalized spacial score (nSPS) is 10.2. The maximum absolute atomic E-state index is 9.55. The maximum Gasteiger partial charge on any atom is 0.328 e. The summed E-state index contributed by atoms with van der Waals surface area (Å²) >= 11 is 0. The second-order valence-corrected chi connectivity index (χ2v) is 5.21. The second kappa shape index (κ2) is 10.6. The third kappa shape index (κ3) is 7.83. The maximum atomic E-state index is 9.55. The lowest BCUT2D eigenvalue weighted by Gasteiger charge is -2.21. The van der Waals surface area contributed by atoms with E-state index in [1.165, 1.54) is 24.2 Å². The van der Waals surface area contributed by atoms with Crippen LogP contribution in [-0.4, -0.2) is 38.9 Å². The van der Waals surface area contributed by atoms with Gasteiger partial charge in [0.1, 0.15) is 0 Å². The van der Waals surface area contributed by atoms with E-state index in [4.69, 9.17) is 10.2 Å². The van der Waals surface area contributed by atoms with Crippen LogP contribution in [0.1, 0.15) is 25.5 Å². The molecule has 25 heavy (non-hydrogen) atoms. The Balaban J connectivity index is 0.000000333. The second-order valence-electron chi connectivity index (χ2n) is 5.21. The molecule has 0 spiro atoms. The minimum Gasteiger partial charge on any atom is -0.478 e. The zero-order valence-electron chi connectivity index (χ0n) is 14.4. The number of pyridine rings is 1. The molecule has 0 amide bonds. The molecule has 0 aliphatic carbocycles. The molecule has 2 rings (SSSR count). The van der Waals surface area contributed by atoms with Gasteiger partial charge in [-0.25, -0.2) is 9.59 Å². The van der Waals surface area contributed by atoms with Gasteiger partial charge in [0.05, 0.1) is 5.69 Å². The van der Waals surface area contributed by atoms with Gasteiger partial charge in [0.25, 0.3) is 0 Å². The minimum atomic E-state index is -1.26. The molecule has 2 aromatic rings. The summed E-state index contributed by atoms with van der Waals surface area (Å²) in [6, 6.07) is 8.25. The number of aliphatic carboxylic acids is 2. The molecule has 0 atom stereocenters. The van der Waals surface area contributed by atoms with Crippen molar-refractivity contribution in [1.29, 1.82) is 0 Å². The molecule has 2 N–H and O–H groups in total. The quantitative estimate of drug-likeness (QED) is 0.749. The van der Waals surface area contributed by atoms with Crippen LogP contribution >= 0.6 is 0 Å². The van der Waals surface area contributed by atoms with Crippen LogP contribution < -0.4 is 5.01 Å². The lowest BCUT2D eigenvalue weighted by atomic mass is 10.2. The fourth-order valence-corrected chi connectivity index (χ4v) is 1.96. The highest BCUT2D eigenvalue weighted by molar-refractivity contribution is 5.89. The summed E-state index contributed by atoms with van der Waals surface area (Å²) in [5.74, 6) is -2.51. The largest absolute Gasteiger partial charge is 0.478 e. The number of aromatic nitrogens is 2. The number of rotatable bonds is 7. The van der Waals surface area contributed by atoms with Gasteiger partial charge in [0, 0.05) is 43.5 Å². The van der Waals surface area contributed by atoms with Gasteiger partial charge in [-0.05, 0) is 37.1 Å². The van der Waals surface area contributed by atoms with E-state index < -0.39 is 11.9 Å². The molecule has 0 unspecified atom stereocenters. The number of carboxylic acid groups (broad SMARTS) is 2. The summed E-state index contributed by atoms with van der Waals surface area (Å²) in [6.45, 7) is 2.20. The first-order chi connectivity index (χ1) is 11.9. The zero-order valence-corrected chi connectivity index (χ0v) is 14.4. The van der Waals surface area contributed by atoms with E-state index in [2.05, 4.69) is 34.7 Å². The third-order valence-electron chi connectivity index (χ3n) is 3.26. The average Bonchev–Trinajstić information content (AvgIpc) is 3.13. The number of nitrogens with zero attached hydrogens (tertiary/aromatic N) is 3. The Morgan fingerprint density at radius 3 is 2.32 bits per heavy atom. The number of carboxylic acids is 2. The van der Waals surface area contributed by atoms with Crippen molar-refractivity contribution in [3.05, 3.63) is 60.7 Å².